The Morgan fingerprint density at radius 1 is 1.37 bits per heavy atom. The molecule has 0 fully saturated rings. The van der Waals surface area contributed by atoms with Crippen LogP contribution >= 0.6 is 11.3 Å². The van der Waals surface area contributed by atoms with E-state index in [1.165, 1.54) is 11.3 Å². The molecule has 1 aromatic heterocycles. The molecule has 19 heavy (non-hydrogen) atoms. The first-order chi connectivity index (χ1) is 9.22. The maximum Gasteiger partial charge on any atom is 0.251 e. The highest BCUT2D eigenvalue weighted by molar-refractivity contribution is 7.15. The van der Waals surface area contributed by atoms with E-state index in [1.807, 2.05) is 0 Å². The van der Waals surface area contributed by atoms with Gasteiger partial charge >= 0.3 is 0 Å². The predicted molar refractivity (Wildman–Crippen MR) is 68.1 cm³/mol. The van der Waals surface area contributed by atoms with Gasteiger partial charge in [0.25, 0.3) is 5.91 Å². The Morgan fingerprint density at radius 2 is 2.21 bits per heavy atom. The fraction of sp³-hybridized carbons (Fsp3) is 0.182. The van der Waals surface area contributed by atoms with Crippen molar-refractivity contribution in [3.63, 3.8) is 0 Å². The zero-order chi connectivity index (χ0) is 13.2. The van der Waals surface area contributed by atoms with Crippen LogP contribution in [0.4, 0.5) is 5.13 Å². The van der Waals surface area contributed by atoms with E-state index < -0.39 is 0 Å². The Labute approximate surface area is 112 Å². The number of nitrogens with one attached hydrogen (secondary N) is 1. The summed E-state index contributed by atoms with van der Waals surface area (Å²) in [4.78, 5) is 11.9. The molecular weight excluding hydrogens is 268 g/mol. The van der Waals surface area contributed by atoms with Crippen molar-refractivity contribution >= 4 is 22.4 Å². The number of nitrogens with two attached hydrogens (primary N) is 1. The number of carbonyl (C=O) groups is 1. The molecule has 0 spiro atoms. The van der Waals surface area contributed by atoms with Crippen LogP contribution in [0.5, 0.6) is 11.5 Å². The Balaban J connectivity index is 1.67. The van der Waals surface area contributed by atoms with Crippen LogP contribution in [0, 0.1) is 0 Å². The minimum Gasteiger partial charge on any atom is -0.454 e. The van der Waals surface area contributed by atoms with E-state index in [1.54, 1.807) is 18.2 Å². The second-order valence-electron chi connectivity index (χ2n) is 3.78. The van der Waals surface area contributed by atoms with Gasteiger partial charge in [-0.15, -0.1) is 10.2 Å². The molecule has 0 atom stereocenters. The number of aromatic nitrogens is 2. The van der Waals surface area contributed by atoms with Gasteiger partial charge in [0.1, 0.15) is 5.01 Å². The van der Waals surface area contributed by atoms with Crippen molar-refractivity contribution in [2.75, 3.05) is 12.5 Å². The lowest BCUT2D eigenvalue weighted by Gasteiger charge is -2.03. The summed E-state index contributed by atoms with van der Waals surface area (Å²) in [5, 5.41) is 11.3. The molecule has 0 saturated carbocycles. The Bertz CT molecular complexity index is 628. The van der Waals surface area contributed by atoms with Crippen LogP contribution in [-0.2, 0) is 6.54 Å². The second kappa shape index (κ2) is 4.73. The molecule has 3 rings (SSSR count). The average molecular weight is 278 g/mol. The van der Waals surface area contributed by atoms with E-state index in [-0.39, 0.29) is 12.7 Å². The monoisotopic (exact) mass is 278 g/mol. The Morgan fingerprint density at radius 3 is 3.00 bits per heavy atom. The van der Waals surface area contributed by atoms with Crippen LogP contribution in [0.15, 0.2) is 18.2 Å². The Kier molecular flexibility index (Phi) is 2.92. The van der Waals surface area contributed by atoms with Gasteiger partial charge in [0, 0.05) is 5.56 Å². The molecule has 1 aliphatic rings. The van der Waals surface area contributed by atoms with E-state index in [4.69, 9.17) is 15.2 Å². The fourth-order valence-electron chi connectivity index (χ4n) is 1.63. The van der Waals surface area contributed by atoms with Crippen molar-refractivity contribution in [3.8, 4) is 11.5 Å². The van der Waals surface area contributed by atoms with E-state index in [2.05, 4.69) is 15.5 Å². The number of nitrogen functional groups attached to an aromatic ring is 1. The molecule has 2 heterocycles. The molecule has 0 aliphatic carbocycles. The molecule has 0 radical (unpaired) electrons. The quantitative estimate of drug-likeness (QED) is 0.860. The lowest BCUT2D eigenvalue weighted by Crippen LogP contribution is -2.22. The number of benzene rings is 1. The van der Waals surface area contributed by atoms with Crippen molar-refractivity contribution in [2.45, 2.75) is 6.54 Å². The van der Waals surface area contributed by atoms with E-state index in [9.17, 15) is 4.79 Å². The van der Waals surface area contributed by atoms with Crippen LogP contribution in [0.2, 0.25) is 0 Å². The molecular formula is C11H10N4O3S. The maximum absolute atomic E-state index is 11.9. The fourth-order valence-corrected chi connectivity index (χ4v) is 2.18. The number of fused-ring (bicyclic) bond motifs is 1. The van der Waals surface area contributed by atoms with Gasteiger partial charge in [-0.25, -0.2) is 0 Å². The second-order valence-corrected chi connectivity index (χ2v) is 4.88. The third kappa shape index (κ3) is 2.43. The standard InChI is InChI=1S/C11H10N4O3S/c12-11-15-14-9(19-11)4-13-10(16)6-1-2-7-8(3-6)18-5-17-7/h1-3H,4-5H2,(H2,12,15)(H,13,16). The summed E-state index contributed by atoms with van der Waals surface area (Å²) in [6.45, 7) is 0.479. The number of ether oxygens (including phenoxy) is 2. The summed E-state index contributed by atoms with van der Waals surface area (Å²) in [7, 11) is 0. The first-order valence-electron chi connectivity index (χ1n) is 5.48. The van der Waals surface area contributed by atoms with Crippen molar-refractivity contribution < 1.29 is 14.3 Å². The van der Waals surface area contributed by atoms with Gasteiger partial charge in [-0.05, 0) is 18.2 Å². The minimum absolute atomic E-state index is 0.185. The van der Waals surface area contributed by atoms with E-state index in [0.29, 0.717) is 33.7 Å². The number of carbonyl (C=O) groups excluding carboxylic acids is 1. The smallest absolute Gasteiger partial charge is 0.251 e. The lowest BCUT2D eigenvalue weighted by molar-refractivity contribution is 0.0950. The van der Waals surface area contributed by atoms with E-state index in [0.717, 1.165) is 0 Å². The van der Waals surface area contributed by atoms with Crippen LogP contribution in [0.1, 0.15) is 15.4 Å². The molecule has 8 heteroatoms. The van der Waals surface area contributed by atoms with Crippen molar-refractivity contribution in [3.05, 3.63) is 28.8 Å². The van der Waals surface area contributed by atoms with Crippen LogP contribution in [-0.4, -0.2) is 22.9 Å². The van der Waals surface area contributed by atoms with Crippen molar-refractivity contribution in [1.82, 2.24) is 15.5 Å². The third-order valence-electron chi connectivity index (χ3n) is 2.52. The normalized spacial score (nSPS) is 12.4. The number of amides is 1. The number of nitrogens with zero attached hydrogens (tertiary/aromatic N) is 2. The van der Waals surface area contributed by atoms with Crippen LogP contribution < -0.4 is 20.5 Å². The summed E-state index contributed by atoms with van der Waals surface area (Å²) in [5.74, 6) is 1.01. The lowest BCUT2D eigenvalue weighted by atomic mass is 10.2. The number of anilines is 1. The highest BCUT2D eigenvalue weighted by atomic mass is 32.1. The zero-order valence-electron chi connectivity index (χ0n) is 9.75. The molecule has 1 amide bonds. The van der Waals surface area contributed by atoms with Crippen molar-refractivity contribution in [1.29, 1.82) is 0 Å². The van der Waals surface area contributed by atoms with Crippen molar-refractivity contribution in [2.24, 2.45) is 0 Å². The zero-order valence-corrected chi connectivity index (χ0v) is 10.6. The van der Waals surface area contributed by atoms with Gasteiger partial charge in [-0.1, -0.05) is 11.3 Å². The molecule has 1 aliphatic heterocycles. The molecule has 98 valence electrons. The molecule has 7 nitrogen and oxygen atoms in total. The summed E-state index contributed by atoms with van der Waals surface area (Å²) in [6, 6.07) is 5.03. The molecule has 0 saturated heterocycles. The molecule has 0 bridgehead atoms. The summed E-state index contributed by atoms with van der Waals surface area (Å²) in [6.07, 6.45) is 0. The maximum atomic E-state index is 11.9. The summed E-state index contributed by atoms with van der Waals surface area (Å²) >= 11 is 1.24. The van der Waals surface area contributed by atoms with Gasteiger partial charge < -0.3 is 20.5 Å². The van der Waals surface area contributed by atoms with Gasteiger partial charge in [0.2, 0.25) is 11.9 Å². The largest absolute Gasteiger partial charge is 0.454 e. The molecule has 2 aromatic rings. The van der Waals surface area contributed by atoms with Crippen LogP contribution in [0.25, 0.3) is 0 Å². The van der Waals surface area contributed by atoms with E-state index >= 15 is 0 Å². The molecule has 3 N–H and O–H groups in total. The predicted octanol–water partition coefficient (Wildman–Crippen LogP) is 0.779. The minimum atomic E-state index is -0.216. The first kappa shape index (κ1) is 11.7. The summed E-state index contributed by atoms with van der Waals surface area (Å²) in [5.41, 5.74) is 5.96. The number of hydrogen-bond donors (Lipinski definition) is 2. The van der Waals surface area contributed by atoms with Crippen LogP contribution in [0.3, 0.4) is 0 Å². The Hall–Kier alpha value is -2.35. The number of hydrogen-bond acceptors (Lipinski definition) is 7. The highest BCUT2D eigenvalue weighted by Crippen LogP contribution is 2.32. The van der Waals surface area contributed by atoms with Gasteiger partial charge in [0.15, 0.2) is 11.5 Å². The van der Waals surface area contributed by atoms with Gasteiger partial charge in [-0.2, -0.15) is 0 Å². The SMILES string of the molecule is Nc1nnc(CNC(=O)c2ccc3c(c2)OCO3)s1. The highest BCUT2D eigenvalue weighted by Gasteiger charge is 2.16. The average Bonchev–Trinajstić information content (AvgIpc) is 3.03. The summed E-state index contributed by atoms with van der Waals surface area (Å²) < 4.78 is 10.4. The topological polar surface area (TPSA) is 99.4 Å². The van der Waals surface area contributed by atoms with Gasteiger partial charge in [0.05, 0.1) is 6.54 Å². The van der Waals surface area contributed by atoms with Gasteiger partial charge in [-0.3, -0.25) is 4.79 Å². The molecule has 0 unspecified atom stereocenters. The number of rotatable bonds is 3. The third-order valence-corrected chi connectivity index (χ3v) is 3.27. The molecule has 1 aromatic carbocycles. The first-order valence-corrected chi connectivity index (χ1v) is 6.30.